The first-order chi connectivity index (χ1) is 9.54. The van der Waals surface area contributed by atoms with Crippen molar-refractivity contribution in [2.24, 2.45) is 0 Å². The zero-order valence-electron chi connectivity index (χ0n) is 10.1. The van der Waals surface area contributed by atoms with Gasteiger partial charge in [0.25, 0.3) is 0 Å². The molecule has 6 heteroatoms. The van der Waals surface area contributed by atoms with Crippen molar-refractivity contribution in [3.05, 3.63) is 58.4 Å². The van der Waals surface area contributed by atoms with Crippen molar-refractivity contribution in [3.63, 3.8) is 0 Å². The van der Waals surface area contributed by atoms with Crippen molar-refractivity contribution in [1.82, 2.24) is 0 Å². The molecule has 20 heavy (non-hydrogen) atoms. The predicted molar refractivity (Wildman–Crippen MR) is 69.6 cm³/mol. The van der Waals surface area contributed by atoms with Crippen LogP contribution >= 0.6 is 11.6 Å². The molecular formula is C14H9ClF3NO. The minimum atomic E-state index is -0.735. The van der Waals surface area contributed by atoms with Crippen LogP contribution in [0.5, 0.6) is 5.75 Å². The third-order valence-electron chi connectivity index (χ3n) is 3.05. The summed E-state index contributed by atoms with van der Waals surface area (Å²) in [4.78, 5) is 0. The second kappa shape index (κ2) is 4.90. The van der Waals surface area contributed by atoms with Crippen LogP contribution in [-0.2, 0) is 0 Å². The normalized spacial score (nSPS) is 17.1. The van der Waals surface area contributed by atoms with Gasteiger partial charge in [-0.2, -0.15) is 0 Å². The van der Waals surface area contributed by atoms with Gasteiger partial charge in [-0.05, 0) is 24.3 Å². The Morgan fingerprint density at radius 3 is 2.70 bits per heavy atom. The monoisotopic (exact) mass is 299 g/mol. The third-order valence-corrected chi connectivity index (χ3v) is 3.33. The Balaban J connectivity index is 1.98. The Morgan fingerprint density at radius 1 is 1.10 bits per heavy atom. The molecule has 0 saturated carbocycles. The Kier molecular flexibility index (Phi) is 3.22. The summed E-state index contributed by atoms with van der Waals surface area (Å²) in [6.45, 7) is 0.188. The minimum Gasteiger partial charge on any atom is -0.480 e. The highest BCUT2D eigenvalue weighted by molar-refractivity contribution is 6.32. The Morgan fingerprint density at radius 2 is 1.90 bits per heavy atom. The van der Waals surface area contributed by atoms with Gasteiger partial charge in [-0.15, -0.1) is 0 Å². The molecular weight excluding hydrogens is 291 g/mol. The Bertz CT molecular complexity index is 678. The van der Waals surface area contributed by atoms with Gasteiger partial charge in [0.2, 0.25) is 0 Å². The topological polar surface area (TPSA) is 21.3 Å². The SMILES string of the molecule is Fc1cc(Cl)c2c(c1)NCC(c1cc(F)ccc1F)O2. The molecule has 1 aliphatic heterocycles. The van der Waals surface area contributed by atoms with E-state index in [1.807, 2.05) is 0 Å². The number of nitrogens with one attached hydrogen (secondary N) is 1. The van der Waals surface area contributed by atoms with E-state index < -0.39 is 23.6 Å². The maximum absolute atomic E-state index is 13.7. The van der Waals surface area contributed by atoms with Crippen molar-refractivity contribution in [1.29, 1.82) is 0 Å². The average molecular weight is 300 g/mol. The van der Waals surface area contributed by atoms with E-state index in [0.717, 1.165) is 24.3 Å². The van der Waals surface area contributed by atoms with Crippen LogP contribution in [0.3, 0.4) is 0 Å². The molecule has 0 fully saturated rings. The lowest BCUT2D eigenvalue weighted by atomic mass is 10.1. The molecule has 0 amide bonds. The quantitative estimate of drug-likeness (QED) is 0.847. The standard InChI is InChI=1S/C14H9ClF3NO/c15-10-4-8(17)5-12-14(10)20-13(6-19-12)9-3-7(16)1-2-11(9)18/h1-5,13,19H,6H2. The first-order valence-electron chi connectivity index (χ1n) is 5.89. The highest BCUT2D eigenvalue weighted by atomic mass is 35.5. The number of benzene rings is 2. The second-order valence-corrected chi connectivity index (χ2v) is 4.82. The van der Waals surface area contributed by atoms with Crippen molar-refractivity contribution < 1.29 is 17.9 Å². The highest BCUT2D eigenvalue weighted by Gasteiger charge is 2.26. The van der Waals surface area contributed by atoms with Crippen LogP contribution in [0.1, 0.15) is 11.7 Å². The molecule has 0 aliphatic carbocycles. The fraction of sp³-hybridized carbons (Fsp3) is 0.143. The number of halogens is 4. The zero-order valence-corrected chi connectivity index (χ0v) is 10.8. The molecule has 1 aliphatic rings. The molecule has 2 aromatic carbocycles. The molecule has 104 valence electrons. The first kappa shape index (κ1) is 13.1. The summed E-state index contributed by atoms with van der Waals surface area (Å²) in [5.74, 6) is -1.39. The zero-order chi connectivity index (χ0) is 14.3. The van der Waals surface area contributed by atoms with Crippen molar-refractivity contribution in [2.45, 2.75) is 6.10 Å². The fourth-order valence-corrected chi connectivity index (χ4v) is 2.38. The second-order valence-electron chi connectivity index (χ2n) is 4.42. The van der Waals surface area contributed by atoms with E-state index in [2.05, 4.69) is 5.32 Å². The largest absolute Gasteiger partial charge is 0.480 e. The highest BCUT2D eigenvalue weighted by Crippen LogP contribution is 2.40. The lowest BCUT2D eigenvalue weighted by Gasteiger charge is -2.28. The van der Waals surface area contributed by atoms with Crippen LogP contribution in [0.2, 0.25) is 5.02 Å². The van der Waals surface area contributed by atoms with Crippen LogP contribution in [0, 0.1) is 17.5 Å². The van der Waals surface area contributed by atoms with E-state index in [9.17, 15) is 13.2 Å². The van der Waals surface area contributed by atoms with Gasteiger partial charge in [0.05, 0.1) is 17.3 Å². The number of anilines is 1. The number of hydrogen-bond donors (Lipinski definition) is 1. The molecule has 0 saturated heterocycles. The van der Waals surface area contributed by atoms with Gasteiger partial charge in [-0.1, -0.05) is 11.6 Å². The molecule has 1 unspecified atom stereocenters. The van der Waals surface area contributed by atoms with Crippen LogP contribution in [0.4, 0.5) is 18.9 Å². The van der Waals surface area contributed by atoms with Gasteiger partial charge in [0, 0.05) is 11.6 Å². The Labute approximate surface area is 118 Å². The van der Waals surface area contributed by atoms with Crippen LogP contribution < -0.4 is 10.1 Å². The number of hydrogen-bond acceptors (Lipinski definition) is 2. The van der Waals surface area contributed by atoms with Crippen LogP contribution in [0.25, 0.3) is 0 Å². The summed E-state index contributed by atoms with van der Waals surface area (Å²) < 4.78 is 45.7. The number of ether oxygens (including phenoxy) is 1. The smallest absolute Gasteiger partial charge is 0.162 e. The summed E-state index contributed by atoms with van der Waals surface area (Å²) >= 11 is 5.90. The maximum Gasteiger partial charge on any atom is 0.162 e. The van der Waals surface area contributed by atoms with Crippen LogP contribution in [-0.4, -0.2) is 6.54 Å². The van der Waals surface area contributed by atoms with E-state index in [1.54, 1.807) is 0 Å². The van der Waals surface area contributed by atoms with Gasteiger partial charge in [-0.25, -0.2) is 13.2 Å². The Hall–Kier alpha value is -1.88. The average Bonchev–Trinajstić information content (AvgIpc) is 2.41. The van der Waals surface area contributed by atoms with Gasteiger partial charge in [0.1, 0.15) is 23.6 Å². The summed E-state index contributed by atoms with van der Waals surface area (Å²) in [7, 11) is 0. The lowest BCUT2D eigenvalue weighted by Crippen LogP contribution is -2.25. The van der Waals surface area contributed by atoms with Crippen molar-refractivity contribution in [3.8, 4) is 5.75 Å². The minimum absolute atomic E-state index is 0.0778. The van der Waals surface area contributed by atoms with Gasteiger partial charge < -0.3 is 10.1 Å². The number of rotatable bonds is 1. The van der Waals surface area contributed by atoms with E-state index in [1.165, 1.54) is 6.07 Å². The van der Waals surface area contributed by atoms with E-state index in [0.29, 0.717) is 5.69 Å². The first-order valence-corrected chi connectivity index (χ1v) is 6.27. The fourth-order valence-electron chi connectivity index (χ4n) is 2.13. The molecule has 0 spiro atoms. The third kappa shape index (κ3) is 2.29. The van der Waals surface area contributed by atoms with Gasteiger partial charge >= 0.3 is 0 Å². The van der Waals surface area contributed by atoms with Crippen molar-refractivity contribution in [2.75, 3.05) is 11.9 Å². The van der Waals surface area contributed by atoms with Gasteiger partial charge in [0.15, 0.2) is 5.75 Å². The summed E-state index contributed by atoms with van der Waals surface area (Å²) in [6, 6.07) is 5.48. The molecule has 1 atom stereocenters. The molecule has 2 nitrogen and oxygen atoms in total. The molecule has 0 bridgehead atoms. The maximum atomic E-state index is 13.7. The van der Waals surface area contributed by atoms with E-state index in [4.69, 9.17) is 16.3 Å². The summed E-state index contributed by atoms with van der Waals surface area (Å²) in [5.41, 5.74) is 0.478. The van der Waals surface area contributed by atoms with Gasteiger partial charge in [-0.3, -0.25) is 0 Å². The molecule has 3 rings (SSSR count). The molecule has 1 N–H and O–H groups in total. The lowest BCUT2D eigenvalue weighted by molar-refractivity contribution is 0.204. The predicted octanol–water partition coefficient (Wildman–Crippen LogP) is 4.30. The summed E-state index contributed by atoms with van der Waals surface area (Å²) in [5, 5.41) is 2.98. The van der Waals surface area contributed by atoms with E-state index in [-0.39, 0.29) is 22.9 Å². The molecule has 0 radical (unpaired) electrons. The van der Waals surface area contributed by atoms with Crippen LogP contribution in [0.15, 0.2) is 30.3 Å². The molecule has 0 aromatic heterocycles. The van der Waals surface area contributed by atoms with Crippen molar-refractivity contribution >= 4 is 17.3 Å². The number of fused-ring (bicyclic) bond motifs is 1. The van der Waals surface area contributed by atoms with E-state index >= 15 is 0 Å². The molecule has 2 aromatic rings. The summed E-state index contributed by atoms with van der Waals surface area (Å²) in [6.07, 6.45) is -0.735. The molecule has 1 heterocycles.